The summed E-state index contributed by atoms with van der Waals surface area (Å²) in [7, 11) is 0. The number of anilines is 1. The molecule has 4 aromatic rings. The summed E-state index contributed by atoms with van der Waals surface area (Å²) in [5.74, 6) is -0.498. The normalized spacial score (nSPS) is 11.5. The third-order valence-electron chi connectivity index (χ3n) is 5.38. The van der Waals surface area contributed by atoms with Gasteiger partial charge in [-0.05, 0) is 47.4 Å². The van der Waals surface area contributed by atoms with Crippen LogP contribution in [0.4, 0.5) is 5.69 Å². The molecule has 0 saturated carbocycles. The molecule has 1 amide bonds. The van der Waals surface area contributed by atoms with Gasteiger partial charge in [-0.25, -0.2) is 9.78 Å². The summed E-state index contributed by atoms with van der Waals surface area (Å²) in [5, 5.41) is 11.9. The summed E-state index contributed by atoms with van der Waals surface area (Å²) < 4.78 is 1.91. The third kappa shape index (κ3) is 4.39. The molecule has 0 unspecified atom stereocenters. The smallest absolute Gasteiger partial charge is 0.335 e. The average Bonchev–Trinajstić information content (AvgIpc) is 3.12. The molecule has 0 radical (unpaired) electrons. The number of nitrogens with one attached hydrogen (secondary N) is 1. The van der Waals surface area contributed by atoms with E-state index in [0.29, 0.717) is 5.69 Å². The van der Waals surface area contributed by atoms with Crippen LogP contribution in [-0.4, -0.2) is 26.5 Å². The van der Waals surface area contributed by atoms with Crippen LogP contribution < -0.4 is 5.32 Å². The Kier molecular flexibility index (Phi) is 5.53. The SMILES string of the molecule is CC(C)(C)c1ccc(-c2nc3ccccc3n2CC(=O)Nc2ccc(C(=O)O)cc2)cc1. The number of aromatic nitrogens is 2. The minimum atomic E-state index is -1.00. The van der Waals surface area contributed by atoms with Crippen molar-refractivity contribution in [2.75, 3.05) is 5.32 Å². The predicted molar refractivity (Wildman–Crippen MR) is 126 cm³/mol. The maximum absolute atomic E-state index is 12.8. The number of fused-ring (bicyclic) bond motifs is 1. The van der Waals surface area contributed by atoms with E-state index in [1.165, 1.54) is 17.7 Å². The van der Waals surface area contributed by atoms with E-state index in [9.17, 15) is 9.59 Å². The number of rotatable bonds is 5. The van der Waals surface area contributed by atoms with Gasteiger partial charge in [-0.1, -0.05) is 57.2 Å². The maximum atomic E-state index is 12.8. The van der Waals surface area contributed by atoms with E-state index in [-0.39, 0.29) is 23.4 Å². The zero-order valence-electron chi connectivity index (χ0n) is 18.3. The Bertz CT molecular complexity index is 1280. The van der Waals surface area contributed by atoms with Gasteiger partial charge >= 0.3 is 5.97 Å². The molecule has 162 valence electrons. The van der Waals surface area contributed by atoms with Gasteiger partial charge in [0.25, 0.3) is 0 Å². The van der Waals surface area contributed by atoms with E-state index in [0.717, 1.165) is 22.4 Å². The number of hydrogen-bond donors (Lipinski definition) is 2. The van der Waals surface area contributed by atoms with E-state index in [2.05, 4.69) is 38.2 Å². The largest absolute Gasteiger partial charge is 0.478 e. The molecule has 0 aliphatic rings. The van der Waals surface area contributed by atoms with Crippen molar-refractivity contribution in [2.45, 2.75) is 32.7 Å². The number of nitrogens with zero attached hydrogens (tertiary/aromatic N) is 2. The monoisotopic (exact) mass is 427 g/mol. The summed E-state index contributed by atoms with van der Waals surface area (Å²) in [5.41, 5.74) is 4.62. The second-order valence-electron chi connectivity index (χ2n) is 8.77. The molecule has 1 heterocycles. The summed E-state index contributed by atoms with van der Waals surface area (Å²) in [6.07, 6.45) is 0. The number of para-hydroxylation sites is 2. The van der Waals surface area contributed by atoms with Crippen molar-refractivity contribution in [2.24, 2.45) is 0 Å². The highest BCUT2D eigenvalue weighted by Crippen LogP contribution is 2.28. The number of benzene rings is 3. The quantitative estimate of drug-likeness (QED) is 0.450. The van der Waals surface area contributed by atoms with Crippen LogP contribution in [0.1, 0.15) is 36.7 Å². The average molecular weight is 428 g/mol. The highest BCUT2D eigenvalue weighted by atomic mass is 16.4. The molecule has 0 spiro atoms. The van der Waals surface area contributed by atoms with Crippen molar-refractivity contribution in [1.29, 1.82) is 0 Å². The number of carboxylic acid groups (broad SMARTS) is 1. The molecular formula is C26H25N3O3. The minimum absolute atomic E-state index is 0.0503. The van der Waals surface area contributed by atoms with Gasteiger partial charge in [-0.15, -0.1) is 0 Å². The molecule has 2 N–H and O–H groups in total. The molecular weight excluding hydrogens is 402 g/mol. The van der Waals surface area contributed by atoms with Gasteiger partial charge in [0.15, 0.2) is 0 Å². The predicted octanol–water partition coefficient (Wildman–Crippen LogP) is 5.34. The van der Waals surface area contributed by atoms with Gasteiger partial charge in [0.2, 0.25) is 5.91 Å². The van der Waals surface area contributed by atoms with E-state index in [4.69, 9.17) is 10.1 Å². The molecule has 6 nitrogen and oxygen atoms in total. The van der Waals surface area contributed by atoms with E-state index >= 15 is 0 Å². The lowest BCUT2D eigenvalue weighted by Gasteiger charge is -2.19. The summed E-state index contributed by atoms with van der Waals surface area (Å²) in [6.45, 7) is 6.59. The molecule has 0 aliphatic carbocycles. The molecule has 6 heteroatoms. The van der Waals surface area contributed by atoms with Crippen molar-refractivity contribution >= 4 is 28.6 Å². The molecule has 1 aromatic heterocycles. The van der Waals surface area contributed by atoms with Gasteiger partial charge < -0.3 is 15.0 Å². The fourth-order valence-electron chi connectivity index (χ4n) is 3.62. The minimum Gasteiger partial charge on any atom is -0.478 e. The lowest BCUT2D eigenvalue weighted by Crippen LogP contribution is -2.19. The van der Waals surface area contributed by atoms with Gasteiger partial charge in [0.1, 0.15) is 12.4 Å². The number of amides is 1. The number of carbonyl (C=O) groups excluding carboxylic acids is 1. The molecule has 0 fully saturated rings. The summed E-state index contributed by atoms with van der Waals surface area (Å²) in [4.78, 5) is 28.6. The van der Waals surface area contributed by atoms with Gasteiger partial charge in [0.05, 0.1) is 16.6 Å². The van der Waals surface area contributed by atoms with Gasteiger partial charge in [-0.2, -0.15) is 0 Å². The number of aromatic carboxylic acids is 1. The molecule has 4 rings (SSSR count). The summed E-state index contributed by atoms with van der Waals surface area (Å²) >= 11 is 0. The first-order valence-electron chi connectivity index (χ1n) is 10.4. The number of carboxylic acids is 1. The number of carbonyl (C=O) groups is 2. The van der Waals surface area contributed by atoms with Crippen LogP contribution in [-0.2, 0) is 16.8 Å². The van der Waals surface area contributed by atoms with Gasteiger partial charge in [0, 0.05) is 11.3 Å². The van der Waals surface area contributed by atoms with Crippen molar-refractivity contribution in [3.63, 3.8) is 0 Å². The number of hydrogen-bond acceptors (Lipinski definition) is 3. The first kappa shape index (κ1) is 21.3. The Morgan fingerprint density at radius 3 is 2.22 bits per heavy atom. The molecule has 32 heavy (non-hydrogen) atoms. The van der Waals surface area contributed by atoms with Crippen LogP contribution in [0, 0.1) is 0 Å². The fourth-order valence-corrected chi connectivity index (χ4v) is 3.62. The number of imidazole rings is 1. The molecule has 3 aromatic carbocycles. The molecule has 0 atom stereocenters. The van der Waals surface area contributed by atoms with Crippen LogP contribution in [0.2, 0.25) is 0 Å². The highest BCUT2D eigenvalue weighted by Gasteiger charge is 2.17. The Balaban J connectivity index is 1.64. The zero-order valence-corrected chi connectivity index (χ0v) is 18.3. The second-order valence-corrected chi connectivity index (χ2v) is 8.77. The van der Waals surface area contributed by atoms with Crippen LogP contribution in [0.5, 0.6) is 0 Å². The van der Waals surface area contributed by atoms with Crippen molar-refractivity contribution < 1.29 is 14.7 Å². The first-order chi connectivity index (χ1) is 15.2. The van der Waals surface area contributed by atoms with E-state index in [1.807, 2.05) is 41.0 Å². The topological polar surface area (TPSA) is 84.2 Å². The Morgan fingerprint density at radius 1 is 0.938 bits per heavy atom. The van der Waals surface area contributed by atoms with Crippen LogP contribution >= 0.6 is 0 Å². The Hall–Kier alpha value is -3.93. The van der Waals surface area contributed by atoms with Gasteiger partial charge in [-0.3, -0.25) is 4.79 Å². The molecule has 0 aliphatic heterocycles. The van der Waals surface area contributed by atoms with E-state index < -0.39 is 5.97 Å². The molecule has 0 saturated heterocycles. The van der Waals surface area contributed by atoms with E-state index in [1.54, 1.807) is 12.1 Å². The second kappa shape index (κ2) is 8.30. The summed E-state index contributed by atoms with van der Waals surface area (Å²) in [6, 6.07) is 22.1. The molecule has 0 bridgehead atoms. The zero-order chi connectivity index (χ0) is 22.9. The Labute approximate surface area is 186 Å². The standard InChI is InChI=1S/C26H25N3O3/c1-26(2,3)19-12-8-17(9-13-19)24-28-21-6-4-5-7-22(21)29(24)16-23(30)27-20-14-10-18(11-15-20)25(31)32/h4-15H,16H2,1-3H3,(H,27,30)(H,31,32). The highest BCUT2D eigenvalue weighted by molar-refractivity contribution is 5.94. The maximum Gasteiger partial charge on any atom is 0.335 e. The lowest BCUT2D eigenvalue weighted by atomic mass is 9.87. The fraction of sp³-hybridized carbons (Fsp3) is 0.192. The Morgan fingerprint density at radius 2 is 1.59 bits per heavy atom. The van der Waals surface area contributed by atoms with Crippen LogP contribution in [0.3, 0.4) is 0 Å². The van der Waals surface area contributed by atoms with Crippen molar-refractivity contribution in [3.8, 4) is 11.4 Å². The third-order valence-corrected chi connectivity index (χ3v) is 5.38. The van der Waals surface area contributed by atoms with Crippen LogP contribution in [0.15, 0.2) is 72.8 Å². The first-order valence-corrected chi connectivity index (χ1v) is 10.4. The van der Waals surface area contributed by atoms with Crippen LogP contribution in [0.25, 0.3) is 22.4 Å². The van der Waals surface area contributed by atoms with Crippen molar-refractivity contribution in [1.82, 2.24) is 9.55 Å². The van der Waals surface area contributed by atoms with Crippen molar-refractivity contribution in [3.05, 3.63) is 83.9 Å². The lowest BCUT2D eigenvalue weighted by molar-refractivity contribution is -0.116.